The van der Waals surface area contributed by atoms with E-state index in [0.717, 1.165) is 38.6 Å². The standard InChI is InChI=1S/C15H31NO2/c1-2-3-4-5-7-10-14(13-15(17)18)11-8-6-9-12-16/h14H,2-13,16H2,1H3,(H,17,18). The fraction of sp³-hybridized carbons (Fsp3) is 0.933. The molecule has 108 valence electrons. The van der Waals surface area contributed by atoms with Crippen molar-refractivity contribution in [2.24, 2.45) is 11.7 Å². The second-order valence-electron chi connectivity index (χ2n) is 5.30. The first kappa shape index (κ1) is 17.4. The molecular formula is C15H31NO2. The van der Waals surface area contributed by atoms with Crippen molar-refractivity contribution < 1.29 is 9.90 Å². The van der Waals surface area contributed by atoms with Gasteiger partial charge in [-0.25, -0.2) is 0 Å². The van der Waals surface area contributed by atoms with Crippen molar-refractivity contribution in [3.63, 3.8) is 0 Å². The van der Waals surface area contributed by atoms with E-state index in [0.29, 0.717) is 12.3 Å². The lowest BCUT2D eigenvalue weighted by Crippen LogP contribution is -2.08. The number of nitrogens with two attached hydrogens (primary N) is 1. The van der Waals surface area contributed by atoms with Crippen LogP contribution in [0.15, 0.2) is 0 Å². The molecule has 0 aromatic rings. The van der Waals surface area contributed by atoms with Crippen molar-refractivity contribution in [1.29, 1.82) is 0 Å². The lowest BCUT2D eigenvalue weighted by molar-refractivity contribution is -0.138. The molecule has 0 aliphatic carbocycles. The summed E-state index contributed by atoms with van der Waals surface area (Å²) in [6.45, 7) is 2.96. The number of rotatable bonds is 13. The van der Waals surface area contributed by atoms with Crippen LogP contribution in [0.5, 0.6) is 0 Å². The Bertz CT molecular complexity index is 195. The topological polar surface area (TPSA) is 63.3 Å². The molecule has 0 aromatic carbocycles. The van der Waals surface area contributed by atoms with Crippen LogP contribution in [0.2, 0.25) is 0 Å². The van der Waals surface area contributed by atoms with Gasteiger partial charge >= 0.3 is 5.97 Å². The molecule has 1 unspecified atom stereocenters. The van der Waals surface area contributed by atoms with Crippen LogP contribution in [-0.4, -0.2) is 17.6 Å². The van der Waals surface area contributed by atoms with Crippen LogP contribution < -0.4 is 5.73 Å². The van der Waals surface area contributed by atoms with Crippen LogP contribution in [0.25, 0.3) is 0 Å². The maximum Gasteiger partial charge on any atom is 0.303 e. The predicted molar refractivity (Wildman–Crippen MR) is 76.6 cm³/mol. The average Bonchev–Trinajstić information content (AvgIpc) is 2.33. The minimum Gasteiger partial charge on any atom is -0.481 e. The Balaban J connectivity index is 3.66. The van der Waals surface area contributed by atoms with Crippen molar-refractivity contribution in [3.05, 3.63) is 0 Å². The zero-order valence-electron chi connectivity index (χ0n) is 12.0. The van der Waals surface area contributed by atoms with Gasteiger partial charge in [-0.05, 0) is 31.7 Å². The Labute approximate surface area is 112 Å². The molecule has 0 amide bonds. The van der Waals surface area contributed by atoms with E-state index in [1.54, 1.807) is 0 Å². The van der Waals surface area contributed by atoms with Crippen LogP contribution >= 0.6 is 0 Å². The molecule has 0 saturated heterocycles. The number of carboxylic acids is 1. The van der Waals surface area contributed by atoms with E-state index in [4.69, 9.17) is 10.8 Å². The third-order valence-electron chi connectivity index (χ3n) is 3.50. The molecule has 3 N–H and O–H groups in total. The lowest BCUT2D eigenvalue weighted by Gasteiger charge is -2.14. The molecule has 0 aliphatic rings. The molecule has 3 heteroatoms. The summed E-state index contributed by atoms with van der Waals surface area (Å²) in [5, 5.41) is 8.91. The highest BCUT2D eigenvalue weighted by atomic mass is 16.4. The highest BCUT2D eigenvalue weighted by Crippen LogP contribution is 2.21. The molecule has 0 rings (SSSR count). The molecule has 18 heavy (non-hydrogen) atoms. The number of carboxylic acid groups (broad SMARTS) is 1. The molecule has 0 radical (unpaired) electrons. The van der Waals surface area contributed by atoms with Gasteiger partial charge in [0.15, 0.2) is 0 Å². The third kappa shape index (κ3) is 11.9. The van der Waals surface area contributed by atoms with Crippen molar-refractivity contribution in [3.8, 4) is 0 Å². The minimum atomic E-state index is -0.646. The van der Waals surface area contributed by atoms with Crippen molar-refractivity contribution in [1.82, 2.24) is 0 Å². The number of hydrogen-bond donors (Lipinski definition) is 2. The van der Waals surface area contributed by atoms with Gasteiger partial charge in [0.1, 0.15) is 0 Å². The maximum atomic E-state index is 10.8. The van der Waals surface area contributed by atoms with Crippen molar-refractivity contribution in [2.45, 2.75) is 77.6 Å². The summed E-state index contributed by atoms with van der Waals surface area (Å²) in [6.07, 6.45) is 12.1. The number of hydrogen-bond acceptors (Lipinski definition) is 2. The van der Waals surface area contributed by atoms with Crippen LogP contribution in [-0.2, 0) is 4.79 Å². The van der Waals surface area contributed by atoms with E-state index in [2.05, 4.69) is 6.92 Å². The molecule has 3 nitrogen and oxygen atoms in total. The smallest absolute Gasteiger partial charge is 0.303 e. The lowest BCUT2D eigenvalue weighted by atomic mass is 9.92. The monoisotopic (exact) mass is 257 g/mol. The second-order valence-corrected chi connectivity index (χ2v) is 5.30. The van der Waals surface area contributed by atoms with Gasteiger partial charge in [0, 0.05) is 6.42 Å². The molecule has 0 spiro atoms. The zero-order valence-corrected chi connectivity index (χ0v) is 12.0. The summed E-state index contributed by atoms with van der Waals surface area (Å²) >= 11 is 0. The first-order valence-corrected chi connectivity index (χ1v) is 7.62. The quantitative estimate of drug-likeness (QED) is 0.491. The molecule has 0 bridgehead atoms. The van der Waals surface area contributed by atoms with E-state index < -0.39 is 5.97 Å². The van der Waals surface area contributed by atoms with Crippen LogP contribution in [0.3, 0.4) is 0 Å². The summed E-state index contributed by atoms with van der Waals surface area (Å²) in [5.41, 5.74) is 5.46. The molecule has 0 heterocycles. The average molecular weight is 257 g/mol. The predicted octanol–water partition coefficient (Wildman–Crippen LogP) is 3.96. The highest BCUT2D eigenvalue weighted by molar-refractivity contribution is 5.66. The third-order valence-corrected chi connectivity index (χ3v) is 3.50. The SMILES string of the molecule is CCCCCCCC(CCCCCN)CC(=O)O. The van der Waals surface area contributed by atoms with Gasteiger partial charge in [-0.2, -0.15) is 0 Å². The van der Waals surface area contributed by atoms with Crippen LogP contribution in [0.4, 0.5) is 0 Å². The summed E-state index contributed by atoms with van der Waals surface area (Å²) in [5.74, 6) is -0.269. The maximum absolute atomic E-state index is 10.8. The Morgan fingerprint density at radius 1 is 1.00 bits per heavy atom. The Morgan fingerprint density at radius 2 is 1.56 bits per heavy atom. The molecule has 0 aliphatic heterocycles. The van der Waals surface area contributed by atoms with E-state index in [-0.39, 0.29) is 0 Å². The van der Waals surface area contributed by atoms with Gasteiger partial charge < -0.3 is 10.8 Å². The fourth-order valence-corrected chi connectivity index (χ4v) is 2.39. The van der Waals surface area contributed by atoms with E-state index in [9.17, 15) is 4.79 Å². The van der Waals surface area contributed by atoms with E-state index in [1.165, 1.54) is 32.1 Å². The zero-order chi connectivity index (χ0) is 13.6. The Morgan fingerprint density at radius 3 is 2.06 bits per heavy atom. The van der Waals surface area contributed by atoms with E-state index in [1.807, 2.05) is 0 Å². The molecule has 0 fully saturated rings. The van der Waals surface area contributed by atoms with Crippen LogP contribution in [0.1, 0.15) is 77.6 Å². The largest absolute Gasteiger partial charge is 0.481 e. The molecular weight excluding hydrogens is 226 g/mol. The minimum absolute atomic E-state index is 0.344. The molecule has 1 atom stereocenters. The van der Waals surface area contributed by atoms with Crippen molar-refractivity contribution in [2.75, 3.05) is 6.54 Å². The van der Waals surface area contributed by atoms with Gasteiger partial charge in [-0.3, -0.25) is 4.79 Å². The molecule has 0 aromatic heterocycles. The summed E-state index contributed by atoms with van der Waals surface area (Å²) in [6, 6.07) is 0. The summed E-state index contributed by atoms with van der Waals surface area (Å²) < 4.78 is 0. The van der Waals surface area contributed by atoms with Gasteiger partial charge in [-0.15, -0.1) is 0 Å². The highest BCUT2D eigenvalue weighted by Gasteiger charge is 2.12. The fourth-order valence-electron chi connectivity index (χ4n) is 2.39. The van der Waals surface area contributed by atoms with Crippen LogP contribution in [0, 0.1) is 5.92 Å². The van der Waals surface area contributed by atoms with Gasteiger partial charge in [0.2, 0.25) is 0 Å². The number of aliphatic carboxylic acids is 1. The van der Waals surface area contributed by atoms with Gasteiger partial charge in [-0.1, -0.05) is 51.9 Å². The van der Waals surface area contributed by atoms with Gasteiger partial charge in [0.25, 0.3) is 0 Å². The first-order valence-electron chi connectivity index (χ1n) is 7.62. The number of carbonyl (C=O) groups is 1. The first-order chi connectivity index (χ1) is 8.70. The Hall–Kier alpha value is -0.570. The summed E-state index contributed by atoms with van der Waals surface area (Å²) in [4.78, 5) is 10.8. The Kier molecular flexibility index (Phi) is 12.5. The summed E-state index contributed by atoms with van der Waals surface area (Å²) in [7, 11) is 0. The number of unbranched alkanes of at least 4 members (excludes halogenated alkanes) is 6. The van der Waals surface area contributed by atoms with E-state index >= 15 is 0 Å². The van der Waals surface area contributed by atoms with Crippen molar-refractivity contribution >= 4 is 5.97 Å². The molecule has 0 saturated carbocycles. The normalized spacial score (nSPS) is 12.6. The van der Waals surface area contributed by atoms with Gasteiger partial charge in [0.05, 0.1) is 0 Å². The second kappa shape index (κ2) is 12.9.